The number of halogens is 1. The quantitative estimate of drug-likeness (QED) is 0.891. The molecule has 2 aliphatic rings. The SMILES string of the molecule is CC1(C)CN(Cc2ccc(Cl)s2)C2(CCCC2)CN1. The second-order valence-electron chi connectivity index (χ2n) is 6.73. The number of nitrogens with zero attached hydrogens (tertiary/aromatic N) is 1. The maximum atomic E-state index is 6.07. The number of hydrogen-bond acceptors (Lipinski definition) is 3. The third-order valence-corrected chi connectivity index (χ3v) is 5.88. The summed E-state index contributed by atoms with van der Waals surface area (Å²) in [6.07, 6.45) is 5.44. The molecule has 106 valence electrons. The van der Waals surface area contributed by atoms with Gasteiger partial charge in [-0.15, -0.1) is 11.3 Å². The van der Waals surface area contributed by atoms with Gasteiger partial charge in [-0.2, -0.15) is 0 Å². The number of nitrogens with one attached hydrogen (secondary N) is 1. The first-order chi connectivity index (χ1) is 8.99. The zero-order valence-electron chi connectivity index (χ0n) is 11.8. The van der Waals surface area contributed by atoms with Crippen molar-refractivity contribution in [2.24, 2.45) is 0 Å². The van der Waals surface area contributed by atoms with Gasteiger partial charge in [0.2, 0.25) is 0 Å². The van der Waals surface area contributed by atoms with Crippen LogP contribution in [0.15, 0.2) is 12.1 Å². The summed E-state index contributed by atoms with van der Waals surface area (Å²) in [6, 6.07) is 4.21. The molecule has 1 aliphatic heterocycles. The van der Waals surface area contributed by atoms with Gasteiger partial charge in [0, 0.05) is 35.6 Å². The van der Waals surface area contributed by atoms with Crippen LogP contribution >= 0.6 is 22.9 Å². The lowest BCUT2D eigenvalue weighted by Crippen LogP contribution is -2.66. The highest BCUT2D eigenvalue weighted by Crippen LogP contribution is 2.40. The standard InChI is InChI=1S/C15H23ClN2S/c1-14(2)11-18(9-12-5-6-13(16)19-12)15(10-17-14)7-3-4-8-15/h5-6,17H,3-4,7-11H2,1-2H3. The summed E-state index contributed by atoms with van der Waals surface area (Å²) in [6.45, 7) is 7.94. The van der Waals surface area contributed by atoms with E-state index in [1.54, 1.807) is 11.3 Å². The van der Waals surface area contributed by atoms with Gasteiger partial charge >= 0.3 is 0 Å². The lowest BCUT2D eigenvalue weighted by molar-refractivity contribution is 0.0130. The number of hydrogen-bond donors (Lipinski definition) is 1. The van der Waals surface area contributed by atoms with Crippen molar-refractivity contribution in [2.75, 3.05) is 13.1 Å². The normalized spacial score (nSPS) is 26.1. The highest BCUT2D eigenvalue weighted by atomic mass is 35.5. The Balaban J connectivity index is 1.81. The van der Waals surface area contributed by atoms with Crippen LogP contribution in [-0.4, -0.2) is 29.1 Å². The van der Waals surface area contributed by atoms with Crippen molar-refractivity contribution in [3.8, 4) is 0 Å². The van der Waals surface area contributed by atoms with Crippen LogP contribution in [0.2, 0.25) is 4.34 Å². The molecule has 2 nitrogen and oxygen atoms in total. The molecule has 0 unspecified atom stereocenters. The van der Waals surface area contributed by atoms with Crippen LogP contribution in [-0.2, 0) is 6.54 Å². The van der Waals surface area contributed by atoms with E-state index >= 15 is 0 Å². The molecule has 1 saturated carbocycles. The molecule has 2 heterocycles. The molecule has 1 aromatic rings. The average molecular weight is 299 g/mol. The third kappa shape index (κ3) is 2.85. The molecule has 1 aliphatic carbocycles. The van der Waals surface area contributed by atoms with Crippen molar-refractivity contribution < 1.29 is 0 Å². The van der Waals surface area contributed by atoms with Crippen molar-refractivity contribution in [1.29, 1.82) is 0 Å². The smallest absolute Gasteiger partial charge is 0.0931 e. The van der Waals surface area contributed by atoms with E-state index < -0.39 is 0 Å². The Bertz CT molecular complexity index is 449. The maximum absolute atomic E-state index is 6.07. The molecule has 19 heavy (non-hydrogen) atoms. The minimum Gasteiger partial charge on any atom is -0.309 e. The lowest BCUT2D eigenvalue weighted by atomic mass is 9.87. The molecule has 0 aromatic carbocycles. The van der Waals surface area contributed by atoms with Crippen LogP contribution in [0, 0.1) is 0 Å². The molecule has 1 spiro atoms. The van der Waals surface area contributed by atoms with Crippen LogP contribution < -0.4 is 5.32 Å². The molecule has 0 amide bonds. The van der Waals surface area contributed by atoms with Gasteiger partial charge in [0.1, 0.15) is 0 Å². The minimum atomic E-state index is 0.217. The van der Waals surface area contributed by atoms with Gasteiger partial charge in [-0.1, -0.05) is 24.4 Å². The van der Waals surface area contributed by atoms with Crippen LogP contribution in [0.5, 0.6) is 0 Å². The van der Waals surface area contributed by atoms with Crippen molar-refractivity contribution in [2.45, 2.75) is 57.2 Å². The molecular formula is C15H23ClN2S. The summed E-state index contributed by atoms with van der Waals surface area (Å²) < 4.78 is 0.907. The summed E-state index contributed by atoms with van der Waals surface area (Å²) in [5.74, 6) is 0. The van der Waals surface area contributed by atoms with Gasteiger partial charge in [0.05, 0.1) is 4.34 Å². The molecule has 1 saturated heterocycles. The molecule has 4 heteroatoms. The molecule has 1 aromatic heterocycles. The molecule has 0 bridgehead atoms. The fourth-order valence-corrected chi connectivity index (χ4v) is 4.69. The van der Waals surface area contributed by atoms with Crippen molar-refractivity contribution in [3.05, 3.63) is 21.3 Å². The van der Waals surface area contributed by atoms with Gasteiger partial charge in [-0.25, -0.2) is 0 Å². The first-order valence-corrected chi connectivity index (χ1v) is 8.43. The molecule has 3 rings (SSSR count). The topological polar surface area (TPSA) is 15.3 Å². The highest BCUT2D eigenvalue weighted by Gasteiger charge is 2.45. The molecular weight excluding hydrogens is 276 g/mol. The van der Waals surface area contributed by atoms with E-state index in [4.69, 9.17) is 11.6 Å². The van der Waals surface area contributed by atoms with Crippen LogP contribution in [0.4, 0.5) is 0 Å². The van der Waals surface area contributed by atoms with E-state index in [1.165, 1.54) is 30.6 Å². The Labute approximate surface area is 125 Å². The Morgan fingerprint density at radius 3 is 2.68 bits per heavy atom. The van der Waals surface area contributed by atoms with E-state index in [0.717, 1.165) is 24.0 Å². The number of piperazine rings is 1. The number of rotatable bonds is 2. The van der Waals surface area contributed by atoms with Crippen LogP contribution in [0.1, 0.15) is 44.4 Å². The van der Waals surface area contributed by atoms with Gasteiger partial charge in [0.15, 0.2) is 0 Å². The summed E-state index contributed by atoms with van der Waals surface area (Å²) in [4.78, 5) is 4.12. The van der Waals surface area contributed by atoms with Crippen molar-refractivity contribution in [3.63, 3.8) is 0 Å². The average Bonchev–Trinajstić information content (AvgIpc) is 2.95. The van der Waals surface area contributed by atoms with Crippen molar-refractivity contribution in [1.82, 2.24) is 10.2 Å². The fourth-order valence-electron chi connectivity index (χ4n) is 3.59. The predicted molar refractivity (Wildman–Crippen MR) is 83.0 cm³/mol. The molecule has 0 atom stereocenters. The second-order valence-corrected chi connectivity index (χ2v) is 8.53. The Kier molecular flexibility index (Phi) is 3.67. The monoisotopic (exact) mass is 298 g/mol. The zero-order chi connectivity index (χ0) is 13.5. The van der Waals surface area contributed by atoms with E-state index in [9.17, 15) is 0 Å². The van der Waals surface area contributed by atoms with Crippen molar-refractivity contribution >= 4 is 22.9 Å². The molecule has 0 radical (unpaired) electrons. The Morgan fingerprint density at radius 2 is 2.05 bits per heavy atom. The van der Waals surface area contributed by atoms with Gasteiger partial charge < -0.3 is 5.32 Å². The fraction of sp³-hybridized carbons (Fsp3) is 0.733. The predicted octanol–water partition coefficient (Wildman–Crippen LogP) is 3.90. The Morgan fingerprint density at radius 1 is 1.32 bits per heavy atom. The summed E-state index contributed by atoms with van der Waals surface area (Å²) in [5.41, 5.74) is 0.612. The minimum absolute atomic E-state index is 0.217. The van der Waals surface area contributed by atoms with E-state index in [2.05, 4.69) is 30.1 Å². The Hall–Kier alpha value is -0.0900. The van der Waals surface area contributed by atoms with Gasteiger partial charge in [-0.3, -0.25) is 4.90 Å². The molecule has 1 N–H and O–H groups in total. The third-order valence-electron chi connectivity index (χ3n) is 4.66. The zero-order valence-corrected chi connectivity index (χ0v) is 13.4. The van der Waals surface area contributed by atoms with Crippen LogP contribution in [0.3, 0.4) is 0 Å². The first kappa shape index (κ1) is 13.9. The highest BCUT2D eigenvalue weighted by molar-refractivity contribution is 7.16. The van der Waals surface area contributed by atoms with E-state index in [-0.39, 0.29) is 5.54 Å². The maximum Gasteiger partial charge on any atom is 0.0931 e. The lowest BCUT2D eigenvalue weighted by Gasteiger charge is -2.51. The number of thiophene rings is 1. The summed E-state index contributed by atoms with van der Waals surface area (Å²) >= 11 is 7.80. The first-order valence-electron chi connectivity index (χ1n) is 7.24. The van der Waals surface area contributed by atoms with Crippen LogP contribution in [0.25, 0.3) is 0 Å². The summed E-state index contributed by atoms with van der Waals surface area (Å²) in [5, 5.41) is 3.75. The van der Waals surface area contributed by atoms with Gasteiger partial charge in [-0.05, 0) is 38.8 Å². The largest absolute Gasteiger partial charge is 0.309 e. The van der Waals surface area contributed by atoms with Gasteiger partial charge in [0.25, 0.3) is 0 Å². The molecule has 2 fully saturated rings. The van der Waals surface area contributed by atoms with E-state index in [0.29, 0.717) is 5.54 Å². The van der Waals surface area contributed by atoms with E-state index in [1.807, 2.05) is 6.07 Å². The second kappa shape index (κ2) is 5.03. The summed E-state index contributed by atoms with van der Waals surface area (Å²) in [7, 11) is 0.